The van der Waals surface area contributed by atoms with Crippen LogP contribution in [0.3, 0.4) is 0 Å². The molecule has 3 aromatic rings. The Morgan fingerprint density at radius 3 is 2.32 bits per heavy atom. The van der Waals surface area contributed by atoms with Gasteiger partial charge in [0.25, 0.3) is 0 Å². The molecule has 0 aliphatic carbocycles. The molecule has 5 heteroatoms. The first-order valence-electron chi connectivity index (χ1n) is 9.63. The summed E-state index contributed by atoms with van der Waals surface area (Å²) in [6.07, 6.45) is 2.07. The highest BCUT2D eigenvalue weighted by Crippen LogP contribution is 2.32. The van der Waals surface area contributed by atoms with Gasteiger partial charge in [-0.1, -0.05) is 30.3 Å². The number of thioether (sulfide) groups is 1. The maximum absolute atomic E-state index is 13.1. The zero-order valence-corrected chi connectivity index (χ0v) is 17.7. The van der Waals surface area contributed by atoms with Gasteiger partial charge in [0.2, 0.25) is 5.91 Å². The number of rotatable bonds is 7. The molecule has 0 saturated carbocycles. The molecule has 0 spiro atoms. The Kier molecular flexibility index (Phi) is 6.45. The molecule has 28 heavy (non-hydrogen) atoms. The summed E-state index contributed by atoms with van der Waals surface area (Å²) in [4.78, 5) is 16.0. The molecule has 0 fully saturated rings. The van der Waals surface area contributed by atoms with Crippen molar-refractivity contribution in [3.8, 4) is 0 Å². The molecule has 2 aromatic carbocycles. The summed E-state index contributed by atoms with van der Waals surface area (Å²) in [6.45, 7) is 8.53. The lowest BCUT2D eigenvalue weighted by Gasteiger charge is -2.31. The summed E-state index contributed by atoms with van der Waals surface area (Å²) in [5, 5.41) is 1.14. The molecule has 0 N–H and O–H groups in total. The van der Waals surface area contributed by atoms with Gasteiger partial charge in [0.05, 0.1) is 0 Å². The van der Waals surface area contributed by atoms with Gasteiger partial charge in [-0.25, -0.2) is 4.39 Å². The Morgan fingerprint density at radius 2 is 1.68 bits per heavy atom. The lowest BCUT2D eigenvalue weighted by molar-refractivity contribution is -0.135. The molecule has 0 aliphatic heterocycles. The van der Waals surface area contributed by atoms with Crippen LogP contribution in [-0.4, -0.2) is 27.5 Å². The zero-order valence-electron chi connectivity index (χ0n) is 16.9. The van der Waals surface area contributed by atoms with Crippen LogP contribution >= 0.6 is 11.8 Å². The minimum Gasteiger partial charge on any atom is -0.337 e. The van der Waals surface area contributed by atoms with Gasteiger partial charge in [-0.05, 0) is 51.5 Å². The summed E-state index contributed by atoms with van der Waals surface area (Å²) in [5.41, 5.74) is 2.13. The Bertz CT molecular complexity index is 939. The number of hydrogen-bond acceptors (Lipinski definition) is 2. The second kappa shape index (κ2) is 8.82. The predicted molar refractivity (Wildman–Crippen MR) is 115 cm³/mol. The van der Waals surface area contributed by atoms with Crippen LogP contribution in [0, 0.1) is 5.82 Å². The summed E-state index contributed by atoms with van der Waals surface area (Å²) < 4.78 is 15.2. The van der Waals surface area contributed by atoms with Crippen LogP contribution in [0.1, 0.15) is 33.3 Å². The van der Waals surface area contributed by atoms with Crippen LogP contribution in [0.4, 0.5) is 4.39 Å². The fourth-order valence-electron chi connectivity index (χ4n) is 3.60. The first-order chi connectivity index (χ1) is 13.4. The van der Waals surface area contributed by atoms with Crippen molar-refractivity contribution < 1.29 is 9.18 Å². The van der Waals surface area contributed by atoms with Crippen LogP contribution in [0.5, 0.6) is 0 Å². The highest BCUT2D eigenvalue weighted by Gasteiger charge is 2.21. The molecule has 148 valence electrons. The molecular weight excluding hydrogens is 371 g/mol. The zero-order chi connectivity index (χ0) is 20.3. The quantitative estimate of drug-likeness (QED) is 0.476. The minimum absolute atomic E-state index is 0.126. The van der Waals surface area contributed by atoms with Crippen molar-refractivity contribution in [3.63, 3.8) is 0 Å². The Balaban J connectivity index is 1.84. The molecular formula is C23H27FN2OS. The largest absolute Gasteiger partial charge is 0.337 e. The summed E-state index contributed by atoms with van der Waals surface area (Å²) in [7, 11) is 0. The highest BCUT2D eigenvalue weighted by molar-refractivity contribution is 7.98. The van der Waals surface area contributed by atoms with Gasteiger partial charge in [0.1, 0.15) is 12.4 Å². The van der Waals surface area contributed by atoms with Crippen molar-refractivity contribution in [2.45, 2.75) is 57.0 Å². The number of halogens is 1. The van der Waals surface area contributed by atoms with Crippen molar-refractivity contribution in [3.05, 3.63) is 66.1 Å². The van der Waals surface area contributed by atoms with Crippen molar-refractivity contribution in [1.29, 1.82) is 0 Å². The summed E-state index contributed by atoms with van der Waals surface area (Å²) >= 11 is 1.71. The van der Waals surface area contributed by atoms with Crippen LogP contribution < -0.4 is 0 Å². The van der Waals surface area contributed by atoms with Gasteiger partial charge in [-0.2, -0.15) is 0 Å². The monoisotopic (exact) mass is 398 g/mol. The third-order valence-corrected chi connectivity index (χ3v) is 5.88. The smallest absolute Gasteiger partial charge is 0.242 e. The molecule has 3 nitrogen and oxygen atoms in total. The van der Waals surface area contributed by atoms with E-state index in [1.807, 2.05) is 33.7 Å². The second-order valence-corrected chi connectivity index (χ2v) is 8.56. The predicted octanol–water partition coefficient (Wildman–Crippen LogP) is 5.72. The van der Waals surface area contributed by atoms with Gasteiger partial charge in [-0.15, -0.1) is 11.8 Å². The van der Waals surface area contributed by atoms with Crippen LogP contribution in [0.25, 0.3) is 10.9 Å². The van der Waals surface area contributed by atoms with Gasteiger partial charge in [-0.3, -0.25) is 4.79 Å². The Morgan fingerprint density at radius 1 is 1.04 bits per heavy atom. The first kappa shape index (κ1) is 20.5. The number of hydrogen-bond donors (Lipinski definition) is 0. The molecule has 0 radical (unpaired) electrons. The van der Waals surface area contributed by atoms with E-state index in [0.29, 0.717) is 6.54 Å². The molecule has 0 unspecified atom stereocenters. The Labute approximate surface area is 170 Å². The number of nitrogens with zero attached hydrogens (tertiary/aromatic N) is 2. The van der Waals surface area contributed by atoms with E-state index in [2.05, 4.69) is 46.0 Å². The van der Waals surface area contributed by atoms with Gasteiger partial charge in [0.15, 0.2) is 0 Å². The molecule has 0 atom stereocenters. The normalized spacial score (nSPS) is 11.5. The number of amides is 1. The van der Waals surface area contributed by atoms with E-state index >= 15 is 0 Å². The van der Waals surface area contributed by atoms with Gasteiger partial charge in [0, 0.05) is 39.8 Å². The Hall–Kier alpha value is -2.27. The van der Waals surface area contributed by atoms with Crippen molar-refractivity contribution in [2.75, 3.05) is 0 Å². The van der Waals surface area contributed by atoms with E-state index < -0.39 is 0 Å². The highest BCUT2D eigenvalue weighted by atomic mass is 32.2. The standard InChI is InChI=1S/C23H27FN2OS/c1-16(2)26(17(3)4)23(27)14-25-13-22(20-7-5-6-8-21(20)25)28-15-18-9-11-19(24)12-10-18/h5-13,16-17H,14-15H2,1-4H3. The van der Waals surface area contributed by atoms with E-state index in [1.54, 1.807) is 11.8 Å². The first-order valence-corrected chi connectivity index (χ1v) is 10.6. The number of para-hydroxylation sites is 1. The molecule has 1 amide bonds. The molecule has 1 heterocycles. The van der Waals surface area contributed by atoms with Crippen molar-refractivity contribution in [2.24, 2.45) is 0 Å². The summed E-state index contributed by atoms with van der Waals surface area (Å²) in [6, 6.07) is 15.1. The molecule has 0 bridgehead atoms. The maximum Gasteiger partial charge on any atom is 0.242 e. The fraction of sp³-hybridized carbons (Fsp3) is 0.348. The van der Waals surface area contributed by atoms with E-state index in [4.69, 9.17) is 0 Å². The van der Waals surface area contributed by atoms with E-state index in [9.17, 15) is 9.18 Å². The number of benzene rings is 2. The van der Waals surface area contributed by atoms with E-state index in [1.165, 1.54) is 12.1 Å². The van der Waals surface area contributed by atoms with Crippen molar-refractivity contribution in [1.82, 2.24) is 9.47 Å². The van der Waals surface area contributed by atoms with Crippen LogP contribution in [0.2, 0.25) is 0 Å². The van der Waals surface area contributed by atoms with Gasteiger partial charge < -0.3 is 9.47 Å². The third-order valence-electron chi connectivity index (χ3n) is 4.77. The van der Waals surface area contributed by atoms with Gasteiger partial charge >= 0.3 is 0 Å². The number of carbonyl (C=O) groups excluding carboxylic acids is 1. The maximum atomic E-state index is 13.1. The average Bonchev–Trinajstić information content (AvgIpc) is 2.98. The number of fused-ring (bicyclic) bond motifs is 1. The lowest BCUT2D eigenvalue weighted by Crippen LogP contribution is -2.43. The minimum atomic E-state index is -0.219. The molecule has 1 aromatic heterocycles. The number of aromatic nitrogens is 1. The van der Waals surface area contributed by atoms with Crippen LogP contribution in [0.15, 0.2) is 59.6 Å². The number of carbonyl (C=O) groups is 1. The van der Waals surface area contributed by atoms with E-state index in [-0.39, 0.29) is 23.8 Å². The lowest BCUT2D eigenvalue weighted by atomic mass is 10.2. The topological polar surface area (TPSA) is 25.2 Å². The molecule has 0 saturated heterocycles. The molecule has 0 aliphatic rings. The third kappa shape index (κ3) is 4.58. The van der Waals surface area contributed by atoms with Crippen molar-refractivity contribution >= 4 is 28.6 Å². The second-order valence-electron chi connectivity index (χ2n) is 7.54. The summed E-state index contributed by atoms with van der Waals surface area (Å²) in [5.74, 6) is 0.663. The SMILES string of the molecule is CC(C)N(C(=O)Cn1cc(SCc2ccc(F)cc2)c2ccccc21)C(C)C. The fourth-order valence-corrected chi connectivity index (χ4v) is 4.64. The van der Waals surface area contributed by atoms with Crippen LogP contribution in [-0.2, 0) is 17.1 Å². The van der Waals surface area contributed by atoms with E-state index in [0.717, 1.165) is 27.1 Å². The average molecular weight is 399 g/mol. The molecule has 3 rings (SSSR count).